The molecule has 0 aliphatic carbocycles. The molecule has 114 valence electrons. The van der Waals surface area contributed by atoms with E-state index in [2.05, 4.69) is 0 Å². The van der Waals surface area contributed by atoms with Crippen LogP contribution in [0.2, 0.25) is 5.02 Å². The first-order valence-electron chi connectivity index (χ1n) is 6.91. The molecule has 1 aliphatic rings. The zero-order chi connectivity index (χ0) is 15.4. The summed E-state index contributed by atoms with van der Waals surface area (Å²) in [4.78, 5) is 10.8. The lowest BCUT2D eigenvalue weighted by Crippen LogP contribution is -2.02. The standard InChI is InChI=1S/C15H18ClNO4/c1-10(2)6-12(17(18)19)7-11-8-13(16)15-14(9-11)20-4-3-5-21-15/h7-10H,3-6H2,1-2H3. The van der Waals surface area contributed by atoms with Gasteiger partial charge in [-0.1, -0.05) is 25.4 Å². The zero-order valence-electron chi connectivity index (χ0n) is 12.1. The van der Waals surface area contributed by atoms with Gasteiger partial charge >= 0.3 is 0 Å². The van der Waals surface area contributed by atoms with E-state index in [0.29, 0.717) is 41.7 Å². The molecular formula is C15H18ClNO4. The number of benzene rings is 1. The highest BCUT2D eigenvalue weighted by Gasteiger charge is 2.18. The average Bonchev–Trinajstić information content (AvgIpc) is 2.63. The topological polar surface area (TPSA) is 61.6 Å². The van der Waals surface area contributed by atoms with Crippen LogP contribution in [0.5, 0.6) is 11.5 Å². The third kappa shape index (κ3) is 4.11. The number of nitro groups is 1. The van der Waals surface area contributed by atoms with Crippen LogP contribution in [0.4, 0.5) is 0 Å². The van der Waals surface area contributed by atoms with Crippen LogP contribution in [0, 0.1) is 16.0 Å². The Balaban J connectivity index is 2.37. The first kappa shape index (κ1) is 15.6. The fourth-order valence-electron chi connectivity index (χ4n) is 2.13. The Morgan fingerprint density at radius 3 is 2.81 bits per heavy atom. The Bertz CT molecular complexity index is 569. The molecule has 1 aromatic carbocycles. The zero-order valence-corrected chi connectivity index (χ0v) is 12.9. The molecule has 1 aromatic rings. The molecule has 6 heteroatoms. The number of nitrogens with zero attached hydrogens (tertiary/aromatic N) is 1. The van der Waals surface area contributed by atoms with E-state index in [0.717, 1.165) is 6.42 Å². The van der Waals surface area contributed by atoms with Crippen molar-refractivity contribution in [3.05, 3.63) is 38.5 Å². The highest BCUT2D eigenvalue weighted by molar-refractivity contribution is 6.32. The van der Waals surface area contributed by atoms with E-state index < -0.39 is 0 Å². The predicted molar refractivity (Wildman–Crippen MR) is 81.5 cm³/mol. The Labute approximate surface area is 128 Å². The van der Waals surface area contributed by atoms with Crippen LogP contribution in [0.1, 0.15) is 32.3 Å². The van der Waals surface area contributed by atoms with Crippen molar-refractivity contribution in [2.45, 2.75) is 26.7 Å². The number of fused-ring (bicyclic) bond motifs is 1. The fraction of sp³-hybridized carbons (Fsp3) is 0.467. The van der Waals surface area contributed by atoms with Crippen molar-refractivity contribution < 1.29 is 14.4 Å². The molecule has 0 amide bonds. The molecule has 0 aromatic heterocycles. The largest absolute Gasteiger partial charge is 0.489 e. The molecule has 1 aliphatic heterocycles. The second kappa shape index (κ2) is 6.80. The van der Waals surface area contributed by atoms with Gasteiger partial charge in [0.1, 0.15) is 0 Å². The van der Waals surface area contributed by atoms with Gasteiger partial charge < -0.3 is 9.47 Å². The Morgan fingerprint density at radius 2 is 2.14 bits per heavy atom. The minimum atomic E-state index is -0.350. The highest BCUT2D eigenvalue weighted by atomic mass is 35.5. The van der Waals surface area contributed by atoms with Crippen molar-refractivity contribution in [2.24, 2.45) is 5.92 Å². The molecule has 5 nitrogen and oxygen atoms in total. The van der Waals surface area contributed by atoms with Crippen molar-refractivity contribution in [3.63, 3.8) is 0 Å². The molecule has 2 rings (SSSR count). The molecule has 0 bridgehead atoms. The molecular weight excluding hydrogens is 294 g/mol. The van der Waals surface area contributed by atoms with Crippen LogP contribution in [0.15, 0.2) is 17.8 Å². The summed E-state index contributed by atoms with van der Waals surface area (Å²) in [6, 6.07) is 3.40. The molecule has 0 saturated heterocycles. The van der Waals surface area contributed by atoms with E-state index in [4.69, 9.17) is 21.1 Å². The number of ether oxygens (including phenoxy) is 2. The van der Waals surface area contributed by atoms with Gasteiger partial charge in [-0.2, -0.15) is 0 Å². The molecule has 0 unspecified atom stereocenters. The van der Waals surface area contributed by atoms with Crippen LogP contribution in [0.3, 0.4) is 0 Å². The van der Waals surface area contributed by atoms with Gasteiger partial charge in [0.15, 0.2) is 11.5 Å². The summed E-state index contributed by atoms with van der Waals surface area (Å²) in [6.07, 6.45) is 2.73. The summed E-state index contributed by atoms with van der Waals surface area (Å²) in [6.45, 7) is 4.98. The van der Waals surface area contributed by atoms with Gasteiger partial charge in [0.2, 0.25) is 5.70 Å². The molecule has 1 heterocycles. The van der Waals surface area contributed by atoms with Crippen LogP contribution in [-0.2, 0) is 0 Å². The SMILES string of the molecule is CC(C)CC(=Cc1cc(Cl)c2c(c1)OCCCO2)[N+](=O)[O-]. The van der Waals surface area contributed by atoms with Gasteiger partial charge in [-0.3, -0.25) is 10.1 Å². The molecule has 0 N–H and O–H groups in total. The summed E-state index contributed by atoms with van der Waals surface area (Å²) in [5.74, 6) is 1.26. The van der Waals surface area contributed by atoms with E-state index in [-0.39, 0.29) is 16.5 Å². The summed E-state index contributed by atoms with van der Waals surface area (Å²) in [5.41, 5.74) is 0.812. The Morgan fingerprint density at radius 1 is 1.43 bits per heavy atom. The smallest absolute Gasteiger partial charge is 0.247 e. The lowest BCUT2D eigenvalue weighted by Gasteiger charge is -2.10. The monoisotopic (exact) mass is 311 g/mol. The number of hydrogen-bond donors (Lipinski definition) is 0. The maximum atomic E-state index is 11.1. The summed E-state index contributed by atoms with van der Waals surface area (Å²) < 4.78 is 11.1. The number of halogens is 1. The lowest BCUT2D eigenvalue weighted by atomic mass is 10.1. The lowest BCUT2D eigenvalue weighted by molar-refractivity contribution is -0.427. The van der Waals surface area contributed by atoms with Gasteiger partial charge in [0.05, 0.1) is 23.2 Å². The molecule has 0 spiro atoms. The van der Waals surface area contributed by atoms with Crippen LogP contribution in [-0.4, -0.2) is 18.1 Å². The summed E-state index contributed by atoms with van der Waals surface area (Å²) >= 11 is 6.18. The van der Waals surface area contributed by atoms with Gasteiger partial charge in [-0.25, -0.2) is 0 Å². The normalized spacial score (nSPS) is 15.0. The maximum Gasteiger partial charge on any atom is 0.247 e. The van der Waals surface area contributed by atoms with E-state index in [1.807, 2.05) is 13.8 Å². The number of allylic oxidation sites excluding steroid dienone is 1. The van der Waals surface area contributed by atoms with Gasteiger partial charge in [0, 0.05) is 18.9 Å². The quantitative estimate of drug-likeness (QED) is 0.618. The van der Waals surface area contributed by atoms with Gasteiger partial charge in [0.25, 0.3) is 0 Å². The fourth-order valence-corrected chi connectivity index (χ4v) is 2.40. The molecule has 21 heavy (non-hydrogen) atoms. The number of rotatable bonds is 4. The van der Waals surface area contributed by atoms with Crippen molar-refractivity contribution in [1.29, 1.82) is 0 Å². The maximum absolute atomic E-state index is 11.1. The van der Waals surface area contributed by atoms with E-state index in [9.17, 15) is 10.1 Å². The molecule has 0 atom stereocenters. The molecule has 0 radical (unpaired) electrons. The number of hydrogen-bond acceptors (Lipinski definition) is 4. The first-order chi connectivity index (χ1) is 9.97. The van der Waals surface area contributed by atoms with Gasteiger partial charge in [-0.15, -0.1) is 0 Å². The Kier molecular flexibility index (Phi) is 5.07. The summed E-state index contributed by atoms with van der Waals surface area (Å²) in [5, 5.41) is 11.5. The molecule has 0 saturated carbocycles. The second-order valence-corrected chi connectivity index (χ2v) is 5.78. The average molecular weight is 312 g/mol. The van der Waals surface area contributed by atoms with E-state index in [1.165, 1.54) is 0 Å². The van der Waals surface area contributed by atoms with Crippen LogP contribution < -0.4 is 9.47 Å². The van der Waals surface area contributed by atoms with E-state index in [1.54, 1.807) is 18.2 Å². The summed E-state index contributed by atoms with van der Waals surface area (Å²) in [7, 11) is 0. The van der Waals surface area contributed by atoms with Gasteiger partial charge in [-0.05, 0) is 23.6 Å². The third-order valence-corrected chi connectivity index (χ3v) is 3.29. The predicted octanol–water partition coefficient (Wildman–Crippen LogP) is 4.17. The van der Waals surface area contributed by atoms with Crippen LogP contribution in [0.25, 0.3) is 6.08 Å². The van der Waals surface area contributed by atoms with Crippen LogP contribution >= 0.6 is 11.6 Å². The van der Waals surface area contributed by atoms with E-state index >= 15 is 0 Å². The minimum absolute atomic E-state index is 0.163. The molecule has 0 fully saturated rings. The van der Waals surface area contributed by atoms with Crippen molar-refractivity contribution in [1.82, 2.24) is 0 Å². The highest BCUT2D eigenvalue weighted by Crippen LogP contribution is 2.38. The van der Waals surface area contributed by atoms with Crippen molar-refractivity contribution in [2.75, 3.05) is 13.2 Å². The minimum Gasteiger partial charge on any atom is -0.489 e. The third-order valence-electron chi connectivity index (χ3n) is 3.01. The van der Waals surface area contributed by atoms with Crippen molar-refractivity contribution in [3.8, 4) is 11.5 Å². The Hall–Kier alpha value is -1.75. The first-order valence-corrected chi connectivity index (χ1v) is 7.29. The van der Waals surface area contributed by atoms with Crippen molar-refractivity contribution >= 4 is 17.7 Å². The second-order valence-electron chi connectivity index (χ2n) is 5.37.